The van der Waals surface area contributed by atoms with Crippen molar-refractivity contribution in [1.82, 2.24) is 25.1 Å². The minimum absolute atomic E-state index is 0.0244. The van der Waals surface area contributed by atoms with E-state index < -0.39 is 0 Å². The second-order valence-electron chi connectivity index (χ2n) is 5.12. The van der Waals surface area contributed by atoms with Crippen LogP contribution in [0, 0.1) is 5.92 Å². The van der Waals surface area contributed by atoms with Crippen LogP contribution in [0.4, 0.5) is 0 Å². The Balaban J connectivity index is 1.68. The van der Waals surface area contributed by atoms with E-state index in [1.165, 1.54) is 6.33 Å². The fourth-order valence-electron chi connectivity index (χ4n) is 2.30. The monoisotopic (exact) mass is 271 g/mol. The molecule has 0 spiro atoms. The van der Waals surface area contributed by atoms with E-state index in [2.05, 4.69) is 20.4 Å². The number of carbonyl (C=O) groups excluding carboxylic acids is 1. The lowest BCUT2D eigenvalue weighted by Gasteiger charge is -2.17. The van der Waals surface area contributed by atoms with Crippen LogP contribution in [0.5, 0.6) is 0 Å². The highest BCUT2D eigenvalue weighted by Crippen LogP contribution is 2.40. The predicted molar refractivity (Wildman–Crippen MR) is 72.6 cm³/mol. The second kappa shape index (κ2) is 5.40. The lowest BCUT2D eigenvalue weighted by molar-refractivity contribution is -0.121. The summed E-state index contributed by atoms with van der Waals surface area (Å²) in [5, 5.41) is 7.15. The Labute approximate surface area is 117 Å². The Kier molecular flexibility index (Phi) is 3.45. The van der Waals surface area contributed by atoms with Gasteiger partial charge in [0.25, 0.3) is 0 Å². The average Bonchev–Trinajstić information content (AvgIpc) is 3.20. The molecule has 1 aliphatic rings. The van der Waals surface area contributed by atoms with Crippen LogP contribution in [0.2, 0.25) is 0 Å². The van der Waals surface area contributed by atoms with Crippen molar-refractivity contribution in [3.05, 3.63) is 42.2 Å². The number of carbonyl (C=O) groups is 1. The maximum absolute atomic E-state index is 12.2. The summed E-state index contributed by atoms with van der Waals surface area (Å²) in [6.07, 6.45) is 5.77. The van der Waals surface area contributed by atoms with Crippen molar-refractivity contribution in [3.63, 3.8) is 0 Å². The fraction of sp³-hybridized carbons (Fsp3) is 0.429. The number of hydrogen-bond acceptors (Lipinski definition) is 4. The Morgan fingerprint density at radius 3 is 2.90 bits per heavy atom. The quantitative estimate of drug-likeness (QED) is 0.881. The first-order valence-corrected chi connectivity index (χ1v) is 6.77. The van der Waals surface area contributed by atoms with Gasteiger partial charge in [0.15, 0.2) is 0 Å². The molecule has 0 aliphatic heterocycles. The summed E-state index contributed by atoms with van der Waals surface area (Å²) >= 11 is 0. The molecule has 1 aliphatic carbocycles. The largest absolute Gasteiger partial charge is 0.345 e. The normalized spacial score (nSPS) is 15.8. The van der Waals surface area contributed by atoms with Gasteiger partial charge in [0.05, 0.1) is 12.5 Å². The molecule has 0 radical (unpaired) electrons. The number of nitrogens with one attached hydrogen (secondary N) is 1. The van der Waals surface area contributed by atoms with Crippen molar-refractivity contribution in [2.45, 2.75) is 25.3 Å². The van der Waals surface area contributed by atoms with Crippen LogP contribution in [0.1, 0.15) is 30.4 Å². The van der Waals surface area contributed by atoms with E-state index in [-0.39, 0.29) is 11.9 Å². The third-order valence-electron chi connectivity index (χ3n) is 3.50. The molecule has 3 rings (SSSR count). The number of hydrogen-bond donors (Lipinski definition) is 1. The molecule has 1 N–H and O–H groups in total. The fourth-order valence-corrected chi connectivity index (χ4v) is 2.30. The van der Waals surface area contributed by atoms with Gasteiger partial charge in [-0.3, -0.25) is 14.5 Å². The average molecular weight is 271 g/mol. The Morgan fingerprint density at radius 2 is 2.30 bits per heavy atom. The van der Waals surface area contributed by atoms with Crippen LogP contribution < -0.4 is 5.32 Å². The maximum atomic E-state index is 12.2. The smallest absolute Gasteiger partial charge is 0.226 e. The number of nitrogens with zero attached hydrogens (tertiary/aromatic N) is 4. The minimum Gasteiger partial charge on any atom is -0.345 e. The molecule has 6 nitrogen and oxygen atoms in total. The van der Waals surface area contributed by atoms with E-state index in [0.29, 0.717) is 12.3 Å². The Bertz CT molecular complexity index is 591. The number of rotatable bonds is 5. The lowest BCUT2D eigenvalue weighted by atomic mass is 10.1. The van der Waals surface area contributed by atoms with Gasteiger partial charge in [-0.1, -0.05) is 6.07 Å². The number of pyridine rings is 1. The first-order valence-electron chi connectivity index (χ1n) is 6.77. The summed E-state index contributed by atoms with van der Waals surface area (Å²) in [6, 6.07) is 5.54. The van der Waals surface area contributed by atoms with Crippen LogP contribution in [0.15, 0.2) is 30.7 Å². The lowest BCUT2D eigenvalue weighted by Crippen LogP contribution is -2.33. The molecular formula is C14H17N5O. The van der Waals surface area contributed by atoms with Gasteiger partial charge in [-0.25, -0.2) is 4.98 Å². The van der Waals surface area contributed by atoms with Crippen molar-refractivity contribution in [3.8, 4) is 0 Å². The Hall–Kier alpha value is -2.24. The van der Waals surface area contributed by atoms with Crippen molar-refractivity contribution >= 4 is 5.91 Å². The molecule has 0 saturated heterocycles. The van der Waals surface area contributed by atoms with Crippen LogP contribution in [0.25, 0.3) is 0 Å². The molecule has 2 aromatic rings. The Morgan fingerprint density at radius 1 is 1.45 bits per heavy atom. The summed E-state index contributed by atoms with van der Waals surface area (Å²) in [5.41, 5.74) is 0.775. The van der Waals surface area contributed by atoms with E-state index in [4.69, 9.17) is 0 Å². The first-order chi connectivity index (χ1) is 9.74. The summed E-state index contributed by atoms with van der Waals surface area (Å²) in [4.78, 5) is 20.6. The predicted octanol–water partition coefficient (Wildman–Crippen LogP) is 1.02. The first kappa shape index (κ1) is 12.8. The number of aryl methyl sites for hydroxylation is 1. The van der Waals surface area contributed by atoms with Crippen LogP contribution in [-0.2, 0) is 18.3 Å². The van der Waals surface area contributed by atoms with E-state index >= 15 is 0 Å². The standard InChI is InChI=1S/C14H17N5O/c1-19-14(16-9-17-19)13(10-5-6-10)18-12(20)8-11-4-2-3-7-15-11/h2-4,7,9-10,13H,5-6,8H2,1H3,(H,18,20). The minimum atomic E-state index is -0.0429. The highest BCUT2D eigenvalue weighted by atomic mass is 16.1. The zero-order valence-electron chi connectivity index (χ0n) is 11.4. The summed E-state index contributed by atoms with van der Waals surface area (Å²) in [7, 11) is 1.85. The molecule has 2 heterocycles. The third-order valence-corrected chi connectivity index (χ3v) is 3.50. The van der Waals surface area contributed by atoms with Gasteiger partial charge in [0, 0.05) is 18.9 Å². The third kappa shape index (κ3) is 2.84. The molecule has 1 atom stereocenters. The maximum Gasteiger partial charge on any atom is 0.226 e. The summed E-state index contributed by atoms with van der Waals surface area (Å²) < 4.78 is 1.73. The summed E-state index contributed by atoms with van der Waals surface area (Å²) in [6.45, 7) is 0. The number of amides is 1. The number of aromatic nitrogens is 4. The van der Waals surface area contributed by atoms with Gasteiger partial charge in [-0.2, -0.15) is 5.10 Å². The van der Waals surface area contributed by atoms with Crippen molar-refractivity contribution < 1.29 is 4.79 Å². The van der Waals surface area contributed by atoms with Crippen molar-refractivity contribution in [2.24, 2.45) is 13.0 Å². The van der Waals surface area contributed by atoms with Gasteiger partial charge >= 0.3 is 0 Å². The van der Waals surface area contributed by atoms with Gasteiger partial charge in [-0.15, -0.1) is 0 Å². The highest BCUT2D eigenvalue weighted by Gasteiger charge is 2.35. The van der Waals surface area contributed by atoms with E-state index in [1.54, 1.807) is 10.9 Å². The van der Waals surface area contributed by atoms with E-state index in [9.17, 15) is 4.79 Å². The zero-order valence-corrected chi connectivity index (χ0v) is 11.4. The van der Waals surface area contributed by atoms with Gasteiger partial charge < -0.3 is 5.32 Å². The van der Waals surface area contributed by atoms with Gasteiger partial charge in [0.2, 0.25) is 5.91 Å². The molecule has 0 aromatic carbocycles. The van der Waals surface area contributed by atoms with Crippen LogP contribution in [-0.4, -0.2) is 25.7 Å². The molecule has 1 amide bonds. The van der Waals surface area contributed by atoms with Crippen LogP contribution >= 0.6 is 0 Å². The van der Waals surface area contributed by atoms with Gasteiger partial charge in [-0.05, 0) is 30.9 Å². The topological polar surface area (TPSA) is 72.7 Å². The molecule has 6 heteroatoms. The van der Waals surface area contributed by atoms with Crippen LogP contribution in [0.3, 0.4) is 0 Å². The highest BCUT2D eigenvalue weighted by molar-refractivity contribution is 5.78. The SMILES string of the molecule is Cn1ncnc1C(NC(=O)Cc1ccccn1)C1CC1. The molecular weight excluding hydrogens is 254 g/mol. The molecule has 1 saturated carbocycles. The van der Waals surface area contributed by atoms with Crippen molar-refractivity contribution in [1.29, 1.82) is 0 Å². The van der Waals surface area contributed by atoms with Crippen molar-refractivity contribution in [2.75, 3.05) is 0 Å². The second-order valence-corrected chi connectivity index (χ2v) is 5.12. The molecule has 1 unspecified atom stereocenters. The molecule has 104 valence electrons. The molecule has 1 fully saturated rings. The molecule has 20 heavy (non-hydrogen) atoms. The molecule has 0 bridgehead atoms. The zero-order chi connectivity index (χ0) is 13.9. The van der Waals surface area contributed by atoms with E-state index in [0.717, 1.165) is 24.4 Å². The van der Waals surface area contributed by atoms with Gasteiger partial charge in [0.1, 0.15) is 12.2 Å². The molecule has 2 aromatic heterocycles. The van der Waals surface area contributed by atoms with E-state index in [1.807, 2.05) is 25.2 Å². The summed E-state index contributed by atoms with van der Waals surface area (Å²) in [5.74, 6) is 1.27.